The molecule has 2 rings (SSSR count). The maximum atomic E-state index is 6.50. The van der Waals surface area contributed by atoms with Crippen molar-refractivity contribution in [1.29, 1.82) is 0 Å². The molecule has 0 aliphatic heterocycles. The molecule has 1 aliphatic carbocycles. The van der Waals surface area contributed by atoms with Crippen LogP contribution in [0.25, 0.3) is 0 Å². The molecule has 0 heterocycles. The topological polar surface area (TPSA) is 133 Å². The molecule has 0 aromatic heterocycles. The SMILES string of the molecule is C.CC1CCC(c2ccccc2)CC1.CCCNCCCNC.CCCS.NO.O.O.[HH]. The first-order chi connectivity index (χ1) is 13.7. The largest absolute Gasteiger partial charge is 0.412 e. The highest BCUT2D eigenvalue weighted by atomic mass is 32.1. The summed E-state index contributed by atoms with van der Waals surface area (Å²) in [6.07, 6.45) is 9.27. The monoisotopic (exact) mass is 467 g/mol. The second-order valence-corrected chi connectivity index (χ2v) is 7.75. The molecule has 192 valence electrons. The van der Waals surface area contributed by atoms with Crippen molar-refractivity contribution < 1.29 is 17.6 Å². The molecule has 0 saturated heterocycles. The van der Waals surface area contributed by atoms with Gasteiger partial charge in [0.2, 0.25) is 0 Å². The van der Waals surface area contributed by atoms with E-state index >= 15 is 0 Å². The standard InChI is InChI=1S/C13H18.C7H18N2.C3H8S.CH4.H3NO.2H2O.H2/c1-11-7-9-13(10-8-11)12-5-3-2-4-6-12;1-3-5-9-7-4-6-8-2;1-2-3-4;;1-2;;;/h2-6,11,13H,7-10H2,1H3;8-9H,3-7H2,1-2H3;4H,2-3H2,1H3;1H4;2H,1H2;2*1H2;1H. The summed E-state index contributed by atoms with van der Waals surface area (Å²) in [5, 5.41) is 12.9. The van der Waals surface area contributed by atoms with Crippen LogP contribution in [-0.2, 0) is 0 Å². The van der Waals surface area contributed by atoms with Crippen molar-refractivity contribution in [3.05, 3.63) is 35.9 Å². The number of nitrogens with one attached hydrogen (secondary N) is 2. The number of thiol groups is 1. The van der Waals surface area contributed by atoms with Crippen LogP contribution in [0.3, 0.4) is 0 Å². The van der Waals surface area contributed by atoms with Gasteiger partial charge in [-0.25, -0.2) is 5.90 Å². The second-order valence-electron chi connectivity index (χ2n) is 7.30. The summed E-state index contributed by atoms with van der Waals surface area (Å²) in [5.41, 5.74) is 1.55. The zero-order valence-corrected chi connectivity index (χ0v) is 20.7. The van der Waals surface area contributed by atoms with E-state index in [1.807, 2.05) is 7.05 Å². The van der Waals surface area contributed by atoms with Gasteiger partial charge in [0.05, 0.1) is 0 Å². The molecule has 1 saturated carbocycles. The third-order valence-electron chi connectivity index (χ3n) is 4.72. The highest BCUT2D eigenvalue weighted by Gasteiger charge is 2.18. The van der Waals surface area contributed by atoms with E-state index < -0.39 is 0 Å². The lowest BCUT2D eigenvalue weighted by atomic mass is 9.79. The Morgan fingerprint density at radius 2 is 1.48 bits per heavy atom. The Balaban J connectivity index is -0.0000000796. The van der Waals surface area contributed by atoms with E-state index in [1.165, 1.54) is 44.9 Å². The van der Waals surface area contributed by atoms with Gasteiger partial charge in [-0.1, -0.05) is 71.4 Å². The molecule has 0 bridgehead atoms. The van der Waals surface area contributed by atoms with E-state index in [9.17, 15) is 0 Å². The van der Waals surface area contributed by atoms with Gasteiger partial charge in [0.15, 0.2) is 0 Å². The van der Waals surface area contributed by atoms with Crippen molar-refractivity contribution in [2.75, 3.05) is 32.4 Å². The number of hydrogen-bond donors (Lipinski definition) is 5. The molecule has 1 aromatic rings. The van der Waals surface area contributed by atoms with Gasteiger partial charge in [0.25, 0.3) is 0 Å². The lowest BCUT2D eigenvalue weighted by molar-refractivity contribution is 0.311. The molecule has 1 aromatic carbocycles. The second kappa shape index (κ2) is 34.0. The Hall–Kier alpha value is -0.670. The minimum Gasteiger partial charge on any atom is -0.412 e. The summed E-state index contributed by atoms with van der Waals surface area (Å²) in [6.45, 7) is 10.1. The molecule has 0 spiro atoms. The maximum Gasteiger partial charge on any atom is 0 e. The zero-order chi connectivity index (χ0) is 21.5. The van der Waals surface area contributed by atoms with Crippen LogP contribution in [-0.4, -0.2) is 48.6 Å². The molecular formula is C24H57N3O3S. The molecule has 1 fully saturated rings. The summed E-state index contributed by atoms with van der Waals surface area (Å²) >= 11 is 3.92. The Morgan fingerprint density at radius 3 is 1.90 bits per heavy atom. The predicted octanol–water partition coefficient (Wildman–Crippen LogP) is 4.47. The molecule has 1 aliphatic rings. The average Bonchev–Trinajstić information content (AvgIpc) is 2.77. The summed E-state index contributed by atoms with van der Waals surface area (Å²) < 4.78 is 0. The van der Waals surface area contributed by atoms with Crippen LogP contribution in [0.2, 0.25) is 0 Å². The maximum absolute atomic E-state index is 6.50. The zero-order valence-electron chi connectivity index (χ0n) is 19.8. The third kappa shape index (κ3) is 27.3. The summed E-state index contributed by atoms with van der Waals surface area (Å²) in [5.74, 6) is 6.32. The van der Waals surface area contributed by atoms with Crippen molar-refractivity contribution in [3.8, 4) is 0 Å². The first-order valence-corrected chi connectivity index (χ1v) is 11.6. The van der Waals surface area contributed by atoms with Gasteiger partial charge in [-0.2, -0.15) is 12.6 Å². The minimum atomic E-state index is 0. The molecule has 0 amide bonds. The van der Waals surface area contributed by atoms with Crippen LogP contribution in [0.15, 0.2) is 30.3 Å². The van der Waals surface area contributed by atoms with E-state index in [2.05, 4.69) is 80.3 Å². The molecular weight excluding hydrogens is 410 g/mol. The van der Waals surface area contributed by atoms with Crippen molar-refractivity contribution in [1.82, 2.24) is 10.6 Å². The number of hydrogen-bond acceptors (Lipinski definition) is 5. The highest BCUT2D eigenvalue weighted by Crippen LogP contribution is 2.35. The summed E-state index contributed by atoms with van der Waals surface area (Å²) in [4.78, 5) is 0. The van der Waals surface area contributed by atoms with E-state index in [0.29, 0.717) is 0 Å². The van der Waals surface area contributed by atoms with Gasteiger partial charge in [-0.05, 0) is 81.9 Å². The fourth-order valence-electron chi connectivity index (χ4n) is 3.01. The van der Waals surface area contributed by atoms with Crippen molar-refractivity contribution in [2.45, 2.75) is 79.1 Å². The number of benzene rings is 1. The molecule has 7 heteroatoms. The van der Waals surface area contributed by atoms with Gasteiger partial charge in [-0.3, -0.25) is 0 Å². The van der Waals surface area contributed by atoms with Crippen LogP contribution in [0.1, 0.15) is 86.1 Å². The molecule has 0 unspecified atom stereocenters. The van der Waals surface area contributed by atoms with Crippen molar-refractivity contribution >= 4 is 12.6 Å². The normalized spacial score (nSPS) is 16.1. The van der Waals surface area contributed by atoms with Gasteiger partial charge < -0.3 is 26.8 Å². The lowest BCUT2D eigenvalue weighted by Gasteiger charge is -2.26. The fourth-order valence-corrected chi connectivity index (χ4v) is 3.01. The molecule has 9 N–H and O–H groups in total. The smallest absolute Gasteiger partial charge is 0 e. The number of nitrogens with two attached hydrogens (primary N) is 1. The van der Waals surface area contributed by atoms with Gasteiger partial charge in [0, 0.05) is 1.43 Å². The Bertz CT molecular complexity index is 391. The van der Waals surface area contributed by atoms with E-state index in [-0.39, 0.29) is 19.8 Å². The van der Waals surface area contributed by atoms with Crippen molar-refractivity contribution in [3.63, 3.8) is 0 Å². The van der Waals surface area contributed by atoms with Gasteiger partial charge >= 0.3 is 0 Å². The summed E-state index contributed by atoms with van der Waals surface area (Å²) in [7, 11) is 1.99. The molecule has 31 heavy (non-hydrogen) atoms. The third-order valence-corrected chi connectivity index (χ3v) is 5.16. The Labute approximate surface area is 200 Å². The van der Waals surface area contributed by atoms with E-state index in [4.69, 9.17) is 5.21 Å². The van der Waals surface area contributed by atoms with Crippen LogP contribution < -0.4 is 16.5 Å². The highest BCUT2D eigenvalue weighted by molar-refractivity contribution is 7.80. The van der Waals surface area contributed by atoms with E-state index in [0.717, 1.165) is 37.2 Å². The fraction of sp³-hybridized carbons (Fsp3) is 0.750. The molecule has 0 radical (unpaired) electrons. The van der Waals surface area contributed by atoms with Crippen LogP contribution in [0, 0.1) is 5.92 Å². The van der Waals surface area contributed by atoms with Crippen LogP contribution in [0.5, 0.6) is 0 Å². The Morgan fingerprint density at radius 1 is 0.968 bits per heavy atom. The van der Waals surface area contributed by atoms with Crippen LogP contribution in [0.4, 0.5) is 0 Å². The van der Waals surface area contributed by atoms with Crippen LogP contribution >= 0.6 is 12.6 Å². The van der Waals surface area contributed by atoms with Crippen molar-refractivity contribution in [2.24, 2.45) is 11.8 Å². The first kappa shape index (κ1) is 40.7. The van der Waals surface area contributed by atoms with Gasteiger partial charge in [-0.15, -0.1) is 0 Å². The van der Waals surface area contributed by atoms with Gasteiger partial charge in [0.1, 0.15) is 0 Å². The molecule has 0 atom stereocenters. The quantitative estimate of drug-likeness (QED) is 0.219. The molecule has 6 nitrogen and oxygen atoms in total. The summed E-state index contributed by atoms with van der Waals surface area (Å²) in [6, 6.07) is 11.0. The first-order valence-electron chi connectivity index (χ1n) is 11.0. The minimum absolute atomic E-state index is 0. The van der Waals surface area contributed by atoms with E-state index in [1.54, 1.807) is 5.56 Å². The predicted molar refractivity (Wildman–Crippen MR) is 145 cm³/mol. The lowest BCUT2D eigenvalue weighted by Crippen LogP contribution is -2.20. The Kier molecular flexibility index (Phi) is 44.5. The average molecular weight is 468 g/mol. The number of rotatable bonds is 8.